The van der Waals surface area contributed by atoms with E-state index in [1.807, 2.05) is 0 Å². The van der Waals surface area contributed by atoms with Crippen molar-refractivity contribution < 1.29 is 104 Å². The number of hydrogen-bond donors (Lipinski definition) is 2. The monoisotopic (exact) mass is 456 g/mol. The zero-order chi connectivity index (χ0) is 21.1. The Morgan fingerprint density at radius 3 is 2.34 bits per heavy atom. The van der Waals surface area contributed by atoms with Gasteiger partial charge in [0.2, 0.25) is 6.10 Å². The number of ether oxygens (including phenoxy) is 3. The number of carboxylic acids is 1. The Morgan fingerprint density at radius 1 is 1.24 bits per heavy atom. The van der Waals surface area contributed by atoms with E-state index in [1.54, 1.807) is 0 Å². The van der Waals surface area contributed by atoms with Crippen molar-refractivity contribution >= 4 is 25.5 Å². The molecule has 1 unspecified atom stereocenters. The summed E-state index contributed by atoms with van der Waals surface area (Å²) >= 11 is 0. The third kappa shape index (κ3) is 7.81. The molecule has 0 aromatic carbocycles. The summed E-state index contributed by atoms with van der Waals surface area (Å²) in [5.41, 5.74) is -0.0698. The Bertz CT molecular complexity index is 813. The Balaban J connectivity index is 0.00000420. The van der Waals surface area contributed by atoms with Crippen molar-refractivity contribution in [2.24, 2.45) is 0 Å². The van der Waals surface area contributed by atoms with Crippen molar-refractivity contribution in [2.45, 2.75) is 44.8 Å². The minimum absolute atomic E-state index is 0. The number of carbonyl (C=O) groups is 3. The first-order valence-corrected chi connectivity index (χ1v) is 10.0. The van der Waals surface area contributed by atoms with E-state index in [2.05, 4.69) is 0 Å². The van der Waals surface area contributed by atoms with Crippen LogP contribution in [0.2, 0.25) is 0 Å². The van der Waals surface area contributed by atoms with Gasteiger partial charge in [-0.05, 0) is 12.5 Å². The van der Waals surface area contributed by atoms with Gasteiger partial charge in [0, 0.05) is 26.1 Å². The van der Waals surface area contributed by atoms with Crippen LogP contribution in [0.5, 0.6) is 0 Å². The van der Waals surface area contributed by atoms with Crippen LogP contribution in [0.15, 0.2) is 24.5 Å². The van der Waals surface area contributed by atoms with Gasteiger partial charge in [0.05, 0.1) is 0 Å². The normalized spacial score (nSPS) is 25.4. The molecule has 2 rings (SSSR count). The number of rotatable bonds is 7. The van der Waals surface area contributed by atoms with E-state index in [0.29, 0.717) is 0 Å². The third-order valence-corrected chi connectivity index (χ3v) is 4.77. The summed E-state index contributed by atoms with van der Waals surface area (Å²) < 4.78 is 28.6. The fraction of sp³-hybridized carbons (Fsp3) is 0.500. The average Bonchev–Trinajstić information content (AvgIpc) is 2.89. The standard InChI is InChI=1S/C16H20NO10P.K/c1-9(18)25-13-12(5-7-28(22,23)24)27-15(14(13)26-10(2)19)17-6-3-4-11(8-17)16(20)21;/h3-4,6,8,12-15H,5,7H2,1-2H3,(H2-,20,21,22,23,24);/q;+1/t12-,13-,14-,15-;/m1./s1. The second-order valence-corrected chi connectivity index (χ2v) is 7.93. The molecule has 1 saturated heterocycles. The predicted molar refractivity (Wildman–Crippen MR) is 87.9 cm³/mol. The number of carboxylic acid groups (broad SMARTS) is 1. The molecule has 1 aliphatic rings. The number of esters is 2. The molecule has 13 heteroatoms. The summed E-state index contributed by atoms with van der Waals surface area (Å²) in [6.07, 6.45) is -2.59. The molecule has 0 bridgehead atoms. The number of pyridine rings is 1. The van der Waals surface area contributed by atoms with E-state index in [4.69, 9.17) is 24.2 Å². The summed E-state index contributed by atoms with van der Waals surface area (Å²) in [7, 11) is -4.60. The predicted octanol–water partition coefficient (Wildman–Crippen LogP) is -3.63. The van der Waals surface area contributed by atoms with E-state index in [-0.39, 0.29) is 63.4 Å². The molecule has 11 nitrogen and oxygen atoms in total. The first kappa shape index (κ1) is 26.3. The number of nitrogens with zero attached hydrogens (tertiary/aromatic N) is 1. The number of carbonyl (C=O) groups excluding carboxylic acids is 2. The van der Waals surface area contributed by atoms with Crippen LogP contribution in [-0.2, 0) is 28.4 Å². The summed E-state index contributed by atoms with van der Waals surface area (Å²) in [5, 5.41) is 9.16. The van der Waals surface area contributed by atoms with Crippen molar-refractivity contribution in [2.75, 3.05) is 6.16 Å². The van der Waals surface area contributed by atoms with Crippen molar-refractivity contribution in [3.63, 3.8) is 0 Å². The van der Waals surface area contributed by atoms with Crippen LogP contribution < -0.4 is 60.8 Å². The van der Waals surface area contributed by atoms with Crippen molar-refractivity contribution in [3.05, 3.63) is 30.1 Å². The first-order chi connectivity index (χ1) is 13.0. The fourth-order valence-electron chi connectivity index (χ4n) is 2.90. The first-order valence-electron chi connectivity index (χ1n) is 8.25. The molecule has 0 aliphatic carbocycles. The maximum absolute atomic E-state index is 11.6. The smallest absolute Gasteiger partial charge is 0.779 e. The Hall–Kier alpha value is -0.694. The molecular weight excluding hydrogens is 436 g/mol. The molecule has 0 spiro atoms. The minimum atomic E-state index is -4.60. The molecule has 1 aromatic heterocycles. The fourth-order valence-corrected chi connectivity index (χ4v) is 3.48. The minimum Gasteiger partial charge on any atom is -0.779 e. The number of hydrogen-bond acceptors (Lipinski definition) is 8. The Morgan fingerprint density at radius 2 is 1.83 bits per heavy atom. The second kappa shape index (κ2) is 11.1. The van der Waals surface area contributed by atoms with E-state index < -0.39 is 56.2 Å². The summed E-state index contributed by atoms with van der Waals surface area (Å²) in [4.78, 5) is 54.4. The van der Waals surface area contributed by atoms with E-state index in [1.165, 1.54) is 29.1 Å². The Kier molecular flexibility index (Phi) is 10.1. The van der Waals surface area contributed by atoms with Gasteiger partial charge >= 0.3 is 75.5 Å². The number of aromatic nitrogens is 1. The molecule has 154 valence electrons. The van der Waals surface area contributed by atoms with Crippen LogP contribution in [0.3, 0.4) is 0 Å². The quantitative estimate of drug-likeness (QED) is 0.181. The van der Waals surface area contributed by atoms with Gasteiger partial charge < -0.3 is 33.7 Å². The molecule has 29 heavy (non-hydrogen) atoms. The number of aromatic carboxylic acids is 1. The molecule has 2 heterocycles. The summed E-state index contributed by atoms with van der Waals surface area (Å²) in [5.74, 6) is -2.62. The van der Waals surface area contributed by atoms with E-state index in [9.17, 15) is 23.8 Å². The SMILES string of the molecule is CC(=O)O[C@@H]1[C@H](OC(C)=O)[C@@H](CCP(=O)([O-])O)O[C@H]1[n+]1cccc(C(=O)O)c1.[K+]. The molecule has 0 saturated carbocycles. The van der Waals surface area contributed by atoms with Crippen LogP contribution in [-0.4, -0.2) is 52.4 Å². The molecule has 0 amide bonds. The second-order valence-electron chi connectivity index (χ2n) is 6.21. The third-order valence-electron chi connectivity index (χ3n) is 3.95. The van der Waals surface area contributed by atoms with Crippen LogP contribution >= 0.6 is 7.60 Å². The molecule has 1 aromatic rings. The van der Waals surface area contributed by atoms with Gasteiger partial charge in [-0.2, -0.15) is 4.57 Å². The van der Waals surface area contributed by atoms with Gasteiger partial charge in [0.25, 0.3) is 0 Å². The molecule has 1 fully saturated rings. The zero-order valence-electron chi connectivity index (χ0n) is 16.1. The Labute approximate surface area is 208 Å². The maximum atomic E-state index is 11.6. The van der Waals surface area contributed by atoms with Gasteiger partial charge in [-0.3, -0.25) is 9.59 Å². The van der Waals surface area contributed by atoms with Crippen LogP contribution in [0.4, 0.5) is 0 Å². The van der Waals surface area contributed by atoms with Crippen LogP contribution in [0, 0.1) is 0 Å². The summed E-state index contributed by atoms with van der Waals surface area (Å²) in [6.45, 7) is 2.26. The zero-order valence-corrected chi connectivity index (χ0v) is 20.1. The molecular formula is C16H20KNO10P+. The summed E-state index contributed by atoms with van der Waals surface area (Å²) in [6, 6.07) is 2.78. The molecule has 2 N–H and O–H groups in total. The van der Waals surface area contributed by atoms with Gasteiger partial charge in [0.15, 0.2) is 18.5 Å². The largest absolute Gasteiger partial charge is 1.00 e. The van der Waals surface area contributed by atoms with Crippen molar-refractivity contribution in [3.8, 4) is 0 Å². The average molecular weight is 456 g/mol. The maximum Gasteiger partial charge on any atom is 1.00 e. The topological polar surface area (TPSA) is 163 Å². The van der Waals surface area contributed by atoms with Crippen LogP contribution in [0.25, 0.3) is 0 Å². The van der Waals surface area contributed by atoms with Crippen molar-refractivity contribution in [1.82, 2.24) is 0 Å². The molecule has 0 radical (unpaired) electrons. The molecule has 5 atom stereocenters. The van der Waals surface area contributed by atoms with E-state index in [0.717, 1.165) is 13.8 Å². The van der Waals surface area contributed by atoms with Gasteiger partial charge in [0.1, 0.15) is 19.3 Å². The van der Waals surface area contributed by atoms with E-state index >= 15 is 0 Å². The van der Waals surface area contributed by atoms with Gasteiger partial charge in [-0.1, -0.05) is 0 Å². The van der Waals surface area contributed by atoms with Gasteiger partial charge in [-0.25, -0.2) is 4.79 Å². The van der Waals surface area contributed by atoms with Crippen LogP contribution in [0.1, 0.15) is 36.9 Å². The van der Waals surface area contributed by atoms with Crippen molar-refractivity contribution in [1.29, 1.82) is 0 Å². The molecule has 1 aliphatic heterocycles. The van der Waals surface area contributed by atoms with Gasteiger partial charge in [-0.15, -0.1) is 0 Å².